The van der Waals surface area contributed by atoms with Crippen LogP contribution in [-0.2, 0) is 7.05 Å². The van der Waals surface area contributed by atoms with Gasteiger partial charge in [-0.15, -0.1) is 16.4 Å². The van der Waals surface area contributed by atoms with Gasteiger partial charge in [-0.3, -0.25) is 0 Å². The minimum absolute atomic E-state index is 0.0214. The number of carboxylic acid groups (broad SMARTS) is 1. The number of carbonyl (C=O) groups is 1. The number of hydrogen-bond donors (Lipinski definition) is 1. The summed E-state index contributed by atoms with van der Waals surface area (Å²) >= 11 is 4.73. The number of hydrogen-bond acceptors (Lipinski definition) is 4. The van der Waals surface area contributed by atoms with Crippen LogP contribution in [-0.4, -0.2) is 26.1 Å². The molecule has 0 aliphatic carbocycles. The topological polar surface area (TPSA) is 68.0 Å². The molecule has 0 bridgehead atoms. The number of aromatic nitrogens is 3. The molecular weight excluding hydrogens is 282 g/mol. The summed E-state index contributed by atoms with van der Waals surface area (Å²) in [6.45, 7) is 0. The lowest BCUT2D eigenvalue weighted by atomic mass is 10.3. The monoisotopic (exact) mass is 287 g/mol. The molecule has 0 fully saturated rings. The van der Waals surface area contributed by atoms with Gasteiger partial charge in [-0.1, -0.05) is 0 Å². The summed E-state index contributed by atoms with van der Waals surface area (Å²) < 4.78 is 0.907. The predicted molar refractivity (Wildman–Crippen MR) is 59.0 cm³/mol. The van der Waals surface area contributed by atoms with Crippen LogP contribution in [0.3, 0.4) is 0 Å². The summed E-state index contributed by atoms with van der Waals surface area (Å²) in [5.41, 5.74) is 0.382. The van der Waals surface area contributed by atoms with Crippen LogP contribution in [0, 0.1) is 0 Å². The highest BCUT2D eigenvalue weighted by Gasteiger charge is 2.19. The number of aromatic carboxylic acids is 1. The lowest BCUT2D eigenvalue weighted by Gasteiger charge is -1.90. The van der Waals surface area contributed by atoms with E-state index in [-0.39, 0.29) is 5.69 Å². The Hall–Kier alpha value is -1.21. The second-order valence-corrected chi connectivity index (χ2v) is 4.65. The fraction of sp³-hybridized carbons (Fsp3) is 0.125. The van der Waals surface area contributed by atoms with Gasteiger partial charge in [-0.05, 0) is 22.0 Å². The van der Waals surface area contributed by atoms with Crippen molar-refractivity contribution < 1.29 is 9.90 Å². The Kier molecular flexibility index (Phi) is 2.57. The van der Waals surface area contributed by atoms with Crippen LogP contribution in [0.25, 0.3) is 10.6 Å². The van der Waals surface area contributed by atoms with Crippen molar-refractivity contribution in [1.29, 1.82) is 0 Å². The highest BCUT2D eigenvalue weighted by molar-refractivity contribution is 9.10. The van der Waals surface area contributed by atoms with E-state index in [0.29, 0.717) is 5.69 Å². The van der Waals surface area contributed by atoms with Crippen LogP contribution in [0.4, 0.5) is 0 Å². The van der Waals surface area contributed by atoms with Gasteiger partial charge in [0.15, 0.2) is 5.69 Å². The molecule has 0 unspecified atom stereocenters. The normalized spacial score (nSPS) is 10.5. The predicted octanol–water partition coefficient (Wildman–Crippen LogP) is 2.00. The molecule has 0 saturated carbocycles. The molecule has 0 amide bonds. The summed E-state index contributed by atoms with van der Waals surface area (Å²) in [6.07, 6.45) is 0. The molecule has 2 rings (SSSR count). The molecule has 0 aromatic carbocycles. The van der Waals surface area contributed by atoms with Gasteiger partial charge in [0.25, 0.3) is 0 Å². The van der Waals surface area contributed by atoms with Gasteiger partial charge in [-0.25, -0.2) is 4.79 Å². The van der Waals surface area contributed by atoms with Crippen molar-refractivity contribution in [1.82, 2.24) is 15.0 Å². The minimum Gasteiger partial charge on any atom is -0.476 e. The van der Waals surface area contributed by atoms with Gasteiger partial charge in [0.05, 0.1) is 4.88 Å². The van der Waals surface area contributed by atoms with Crippen LogP contribution in [0.5, 0.6) is 0 Å². The van der Waals surface area contributed by atoms with Crippen LogP contribution >= 0.6 is 27.3 Å². The number of rotatable bonds is 2. The fourth-order valence-corrected chi connectivity index (χ4v) is 2.57. The molecule has 2 aromatic rings. The van der Waals surface area contributed by atoms with Crippen LogP contribution in [0.2, 0.25) is 0 Å². The molecular formula is C8H6BrN3O2S. The summed E-state index contributed by atoms with van der Waals surface area (Å²) in [5.74, 6) is -1.07. The summed E-state index contributed by atoms with van der Waals surface area (Å²) in [6, 6.07) is 1.82. The average molecular weight is 288 g/mol. The minimum atomic E-state index is -1.07. The highest BCUT2D eigenvalue weighted by Crippen LogP contribution is 2.30. The first kappa shape index (κ1) is 10.3. The van der Waals surface area contributed by atoms with E-state index in [1.54, 1.807) is 7.05 Å². The third kappa shape index (κ3) is 1.93. The Bertz CT molecular complexity index is 520. The number of thiophene rings is 1. The second kappa shape index (κ2) is 3.74. The Morgan fingerprint density at radius 2 is 2.33 bits per heavy atom. The molecule has 0 atom stereocenters. The third-order valence-electron chi connectivity index (χ3n) is 1.72. The molecule has 0 aliphatic heterocycles. The zero-order valence-electron chi connectivity index (χ0n) is 7.64. The Morgan fingerprint density at radius 1 is 1.60 bits per heavy atom. The van der Waals surface area contributed by atoms with Crippen LogP contribution < -0.4 is 0 Å². The van der Waals surface area contributed by atoms with E-state index in [2.05, 4.69) is 26.1 Å². The van der Waals surface area contributed by atoms with E-state index >= 15 is 0 Å². The molecule has 7 heteroatoms. The molecule has 2 heterocycles. The van der Waals surface area contributed by atoms with Crippen molar-refractivity contribution in [2.75, 3.05) is 0 Å². The first-order chi connectivity index (χ1) is 7.08. The van der Waals surface area contributed by atoms with Gasteiger partial charge in [0.2, 0.25) is 0 Å². The number of aryl methyl sites for hydroxylation is 1. The fourth-order valence-electron chi connectivity index (χ4n) is 1.15. The van der Waals surface area contributed by atoms with Gasteiger partial charge >= 0.3 is 5.97 Å². The molecule has 1 N–H and O–H groups in total. The number of carboxylic acids is 1. The average Bonchev–Trinajstić information content (AvgIpc) is 2.71. The van der Waals surface area contributed by atoms with Crippen molar-refractivity contribution in [2.24, 2.45) is 7.05 Å². The summed E-state index contributed by atoms with van der Waals surface area (Å²) in [7, 11) is 1.60. The molecule has 78 valence electrons. The van der Waals surface area contributed by atoms with Crippen LogP contribution in [0.1, 0.15) is 10.5 Å². The number of halogens is 1. The lowest BCUT2D eigenvalue weighted by molar-refractivity contribution is 0.0690. The third-order valence-corrected chi connectivity index (χ3v) is 3.41. The van der Waals surface area contributed by atoms with E-state index in [1.807, 2.05) is 11.4 Å². The van der Waals surface area contributed by atoms with Gasteiger partial charge in [0, 0.05) is 16.9 Å². The molecule has 0 aliphatic rings. The zero-order chi connectivity index (χ0) is 11.0. The van der Waals surface area contributed by atoms with Crippen molar-refractivity contribution in [3.05, 3.63) is 21.6 Å². The number of nitrogens with zero attached hydrogens (tertiary/aromatic N) is 3. The molecule has 0 saturated heterocycles. The summed E-state index contributed by atoms with van der Waals surface area (Å²) in [5, 5.41) is 18.6. The lowest BCUT2D eigenvalue weighted by Crippen LogP contribution is -2.00. The molecule has 15 heavy (non-hydrogen) atoms. The largest absolute Gasteiger partial charge is 0.476 e. The first-order valence-electron chi connectivity index (χ1n) is 3.97. The van der Waals surface area contributed by atoms with E-state index in [4.69, 9.17) is 5.11 Å². The molecule has 2 aromatic heterocycles. The maximum atomic E-state index is 10.9. The second-order valence-electron chi connectivity index (χ2n) is 2.82. The molecule has 5 nitrogen and oxygen atoms in total. The van der Waals surface area contributed by atoms with Gasteiger partial charge in [0.1, 0.15) is 5.69 Å². The molecule has 0 radical (unpaired) electrons. The summed E-state index contributed by atoms with van der Waals surface area (Å²) in [4.78, 5) is 12.9. The van der Waals surface area contributed by atoms with Crippen molar-refractivity contribution >= 4 is 33.2 Å². The van der Waals surface area contributed by atoms with Gasteiger partial charge in [-0.2, -0.15) is 9.90 Å². The van der Waals surface area contributed by atoms with Gasteiger partial charge < -0.3 is 5.11 Å². The standard InChI is InChI=1S/C8H6BrN3O2S/c1-12-10-6(7(11-12)8(13)14)5-2-4(9)3-15-5/h2-3H,1H3,(H,13,14). The van der Waals surface area contributed by atoms with E-state index in [1.165, 1.54) is 16.1 Å². The highest BCUT2D eigenvalue weighted by atomic mass is 79.9. The quantitative estimate of drug-likeness (QED) is 0.917. The zero-order valence-corrected chi connectivity index (χ0v) is 10.0. The SMILES string of the molecule is Cn1nc(C(=O)O)c(-c2cc(Br)cs2)n1. The van der Waals surface area contributed by atoms with Crippen LogP contribution in [0.15, 0.2) is 15.9 Å². The maximum Gasteiger partial charge on any atom is 0.358 e. The van der Waals surface area contributed by atoms with E-state index < -0.39 is 5.97 Å². The van der Waals surface area contributed by atoms with Crippen molar-refractivity contribution in [3.63, 3.8) is 0 Å². The molecule has 0 spiro atoms. The first-order valence-corrected chi connectivity index (χ1v) is 5.64. The van der Waals surface area contributed by atoms with Crippen molar-refractivity contribution in [2.45, 2.75) is 0 Å². The smallest absolute Gasteiger partial charge is 0.358 e. The van der Waals surface area contributed by atoms with E-state index in [9.17, 15) is 4.79 Å². The Labute approximate surface area is 97.5 Å². The Morgan fingerprint density at radius 3 is 2.87 bits per heavy atom. The Balaban J connectivity index is 2.56. The van der Waals surface area contributed by atoms with E-state index in [0.717, 1.165) is 9.35 Å². The van der Waals surface area contributed by atoms with Crippen molar-refractivity contribution in [3.8, 4) is 10.6 Å². The maximum absolute atomic E-state index is 10.9.